The highest BCUT2D eigenvalue weighted by Crippen LogP contribution is 2.23. The molecular weight excluding hydrogens is 308 g/mol. The van der Waals surface area contributed by atoms with Crippen LogP contribution in [0.5, 0.6) is 0 Å². The number of likely N-dealkylation sites (tertiary alicyclic amines) is 1. The fourth-order valence-electron chi connectivity index (χ4n) is 2.93. The van der Waals surface area contributed by atoms with Gasteiger partial charge in [-0.1, -0.05) is 0 Å². The van der Waals surface area contributed by atoms with Gasteiger partial charge in [0.05, 0.1) is 17.6 Å². The largest absolute Gasteiger partial charge is 0.444 e. The van der Waals surface area contributed by atoms with Crippen LogP contribution in [-0.4, -0.2) is 55.5 Å². The topological polar surface area (TPSA) is 85.2 Å². The first-order valence-corrected chi connectivity index (χ1v) is 8.21. The average Bonchev–Trinajstić information content (AvgIpc) is 3.11. The van der Waals surface area contributed by atoms with E-state index < -0.39 is 5.60 Å². The molecule has 1 amide bonds. The molecule has 1 saturated heterocycles. The summed E-state index contributed by atoms with van der Waals surface area (Å²) in [7, 11) is 1.85. The van der Waals surface area contributed by atoms with Crippen LogP contribution in [-0.2, 0) is 11.8 Å². The minimum Gasteiger partial charge on any atom is -0.444 e. The van der Waals surface area contributed by atoms with Crippen LogP contribution in [0.15, 0.2) is 12.5 Å². The van der Waals surface area contributed by atoms with Crippen LogP contribution in [0.4, 0.5) is 10.6 Å². The molecule has 1 atom stereocenters. The van der Waals surface area contributed by atoms with E-state index in [9.17, 15) is 4.79 Å². The molecule has 8 heteroatoms. The van der Waals surface area contributed by atoms with Crippen molar-refractivity contribution in [2.75, 3.05) is 18.4 Å². The molecule has 3 rings (SSSR count). The zero-order valence-electron chi connectivity index (χ0n) is 14.6. The Labute approximate surface area is 141 Å². The Balaban J connectivity index is 1.68. The van der Waals surface area contributed by atoms with Crippen LogP contribution < -0.4 is 5.32 Å². The number of carbonyl (C=O) groups is 1. The van der Waals surface area contributed by atoms with Gasteiger partial charge in [-0.25, -0.2) is 14.8 Å². The normalized spacial score (nSPS) is 18.2. The minimum absolute atomic E-state index is 0.0986. The highest BCUT2D eigenvalue weighted by atomic mass is 16.6. The smallest absolute Gasteiger partial charge is 0.410 e. The maximum atomic E-state index is 12.3. The summed E-state index contributed by atoms with van der Waals surface area (Å²) in [6, 6.07) is 0.0986. The lowest BCUT2D eigenvalue weighted by Gasteiger charge is -2.28. The van der Waals surface area contributed by atoms with Gasteiger partial charge in [0, 0.05) is 20.1 Å². The van der Waals surface area contributed by atoms with Gasteiger partial charge >= 0.3 is 6.09 Å². The summed E-state index contributed by atoms with van der Waals surface area (Å²) in [5.74, 6) is 0.740. The Hall–Kier alpha value is -2.38. The Kier molecular flexibility index (Phi) is 4.29. The van der Waals surface area contributed by atoms with E-state index in [1.165, 1.54) is 6.33 Å². The molecular formula is C16H24N6O2. The highest BCUT2D eigenvalue weighted by Gasteiger charge is 2.32. The Morgan fingerprint density at radius 1 is 1.42 bits per heavy atom. The van der Waals surface area contributed by atoms with Crippen molar-refractivity contribution in [1.82, 2.24) is 24.6 Å². The van der Waals surface area contributed by atoms with Gasteiger partial charge in [0.25, 0.3) is 0 Å². The molecule has 0 radical (unpaired) electrons. The molecule has 130 valence electrons. The number of aromatic nitrogens is 4. The number of carbonyl (C=O) groups excluding carboxylic acids is 1. The van der Waals surface area contributed by atoms with Crippen molar-refractivity contribution in [3.8, 4) is 0 Å². The molecule has 1 aliphatic heterocycles. The average molecular weight is 332 g/mol. The van der Waals surface area contributed by atoms with Gasteiger partial charge < -0.3 is 15.0 Å². The lowest BCUT2D eigenvalue weighted by molar-refractivity contribution is 0.0235. The van der Waals surface area contributed by atoms with Gasteiger partial charge in [-0.2, -0.15) is 5.10 Å². The van der Waals surface area contributed by atoms with Crippen molar-refractivity contribution in [3.05, 3.63) is 12.5 Å². The van der Waals surface area contributed by atoms with Crippen LogP contribution >= 0.6 is 0 Å². The van der Waals surface area contributed by atoms with Crippen molar-refractivity contribution in [2.45, 2.75) is 45.3 Å². The molecule has 0 saturated carbocycles. The maximum absolute atomic E-state index is 12.3. The number of fused-ring (bicyclic) bond motifs is 1. The number of anilines is 1. The fraction of sp³-hybridized carbons (Fsp3) is 0.625. The predicted molar refractivity (Wildman–Crippen MR) is 90.8 cm³/mol. The van der Waals surface area contributed by atoms with Crippen molar-refractivity contribution < 1.29 is 9.53 Å². The zero-order chi connectivity index (χ0) is 17.3. The molecule has 0 aliphatic carbocycles. The van der Waals surface area contributed by atoms with E-state index >= 15 is 0 Å². The number of nitrogens with zero attached hydrogens (tertiary/aromatic N) is 5. The number of nitrogens with one attached hydrogen (secondary N) is 1. The number of amides is 1. The summed E-state index contributed by atoms with van der Waals surface area (Å²) in [6.45, 7) is 7.00. The summed E-state index contributed by atoms with van der Waals surface area (Å²) in [5, 5.41) is 8.42. The zero-order valence-corrected chi connectivity index (χ0v) is 14.6. The SMILES string of the molecule is Cn1ncc2c(NCC3CCCN3C(=O)OC(C)(C)C)ncnc21. The monoisotopic (exact) mass is 332 g/mol. The second-order valence-corrected chi connectivity index (χ2v) is 7.08. The minimum atomic E-state index is -0.480. The molecule has 0 spiro atoms. The number of rotatable bonds is 3. The first-order chi connectivity index (χ1) is 11.3. The Morgan fingerprint density at radius 3 is 2.96 bits per heavy atom. The molecule has 24 heavy (non-hydrogen) atoms. The van der Waals surface area contributed by atoms with Gasteiger partial charge in [-0.15, -0.1) is 0 Å². The predicted octanol–water partition coefficient (Wildman–Crippen LogP) is 2.17. The summed E-state index contributed by atoms with van der Waals surface area (Å²) in [5.41, 5.74) is 0.301. The van der Waals surface area contributed by atoms with Crippen LogP contribution in [0, 0.1) is 0 Å². The van der Waals surface area contributed by atoms with E-state index in [0.717, 1.165) is 36.2 Å². The Bertz CT molecular complexity index is 736. The summed E-state index contributed by atoms with van der Waals surface area (Å²) >= 11 is 0. The number of hydrogen-bond acceptors (Lipinski definition) is 6. The van der Waals surface area contributed by atoms with Crippen molar-refractivity contribution in [1.29, 1.82) is 0 Å². The second-order valence-electron chi connectivity index (χ2n) is 7.08. The molecule has 1 aliphatic rings. The third-order valence-electron chi connectivity index (χ3n) is 4.04. The maximum Gasteiger partial charge on any atom is 0.410 e. The summed E-state index contributed by atoms with van der Waals surface area (Å²) in [6.07, 6.45) is 4.96. The van der Waals surface area contributed by atoms with Crippen molar-refractivity contribution in [2.24, 2.45) is 7.05 Å². The van der Waals surface area contributed by atoms with Gasteiger partial charge in [0.2, 0.25) is 0 Å². The third kappa shape index (κ3) is 3.42. The van der Waals surface area contributed by atoms with Crippen molar-refractivity contribution in [3.63, 3.8) is 0 Å². The van der Waals surface area contributed by atoms with Gasteiger partial charge in [0.15, 0.2) is 5.65 Å². The summed E-state index contributed by atoms with van der Waals surface area (Å²) < 4.78 is 7.21. The molecule has 8 nitrogen and oxygen atoms in total. The lowest BCUT2D eigenvalue weighted by atomic mass is 10.2. The quantitative estimate of drug-likeness (QED) is 0.927. The molecule has 2 aromatic rings. The Morgan fingerprint density at radius 2 is 2.21 bits per heavy atom. The van der Waals surface area contributed by atoms with E-state index in [0.29, 0.717) is 6.54 Å². The first kappa shape index (κ1) is 16.5. The molecule has 0 bridgehead atoms. The number of aryl methyl sites for hydroxylation is 1. The molecule has 0 aromatic carbocycles. The molecule has 1 unspecified atom stereocenters. The molecule has 3 heterocycles. The van der Waals surface area contributed by atoms with Crippen LogP contribution in [0.25, 0.3) is 11.0 Å². The number of hydrogen-bond donors (Lipinski definition) is 1. The van der Waals surface area contributed by atoms with Crippen LogP contribution in [0.1, 0.15) is 33.6 Å². The third-order valence-corrected chi connectivity index (χ3v) is 4.04. The molecule has 2 aromatic heterocycles. The van der Waals surface area contributed by atoms with E-state index in [4.69, 9.17) is 4.74 Å². The van der Waals surface area contributed by atoms with Crippen molar-refractivity contribution >= 4 is 22.9 Å². The first-order valence-electron chi connectivity index (χ1n) is 8.21. The van der Waals surface area contributed by atoms with Gasteiger partial charge in [-0.05, 0) is 33.6 Å². The molecule has 1 N–H and O–H groups in total. The van der Waals surface area contributed by atoms with E-state index in [-0.39, 0.29) is 12.1 Å². The van der Waals surface area contributed by atoms with Crippen LogP contribution in [0.2, 0.25) is 0 Å². The van der Waals surface area contributed by atoms with Gasteiger partial charge in [0.1, 0.15) is 17.7 Å². The second kappa shape index (κ2) is 6.26. The number of ether oxygens (including phenoxy) is 1. The highest BCUT2D eigenvalue weighted by molar-refractivity contribution is 5.86. The molecule has 1 fully saturated rings. The van der Waals surface area contributed by atoms with E-state index in [2.05, 4.69) is 20.4 Å². The van der Waals surface area contributed by atoms with E-state index in [1.54, 1.807) is 15.8 Å². The fourth-order valence-corrected chi connectivity index (χ4v) is 2.93. The van der Waals surface area contributed by atoms with Crippen LogP contribution in [0.3, 0.4) is 0 Å². The standard InChI is InChI=1S/C16H24N6O2/c1-16(2,3)24-15(23)22-7-5-6-11(22)8-17-13-12-9-20-21(4)14(12)19-10-18-13/h9-11H,5-8H2,1-4H3,(H,17,18,19). The van der Waals surface area contributed by atoms with Gasteiger partial charge in [-0.3, -0.25) is 4.68 Å². The lowest BCUT2D eigenvalue weighted by Crippen LogP contribution is -2.42. The summed E-state index contributed by atoms with van der Waals surface area (Å²) in [4.78, 5) is 22.7. The van der Waals surface area contributed by atoms with E-state index in [1.807, 2.05) is 27.8 Å².